The van der Waals surface area contributed by atoms with Crippen LogP contribution in [0.4, 0.5) is 10.1 Å². The molecule has 0 aromatic heterocycles. The summed E-state index contributed by atoms with van der Waals surface area (Å²) in [5.41, 5.74) is 0.389. The van der Waals surface area contributed by atoms with Crippen LogP contribution in [-0.4, -0.2) is 62.8 Å². The highest BCUT2D eigenvalue weighted by atomic mass is 32.2. The lowest BCUT2D eigenvalue weighted by Gasteiger charge is -2.17. The molecule has 2 rings (SSSR count). The number of nitrogens with one attached hydrogen (secondary N) is 1. The van der Waals surface area contributed by atoms with Gasteiger partial charge in [-0.05, 0) is 36.6 Å². The van der Waals surface area contributed by atoms with Crippen LogP contribution in [0, 0.1) is 11.7 Å². The summed E-state index contributed by atoms with van der Waals surface area (Å²) in [4.78, 5) is 36.6. The molecule has 1 aromatic carbocycles. The van der Waals surface area contributed by atoms with Crippen LogP contribution in [0.1, 0.15) is 12.8 Å². The Morgan fingerprint density at radius 1 is 1.26 bits per heavy atom. The topological polar surface area (TPSA) is 110 Å². The van der Waals surface area contributed by atoms with Crippen molar-refractivity contribution in [3.8, 4) is 0 Å². The second-order valence-electron chi connectivity index (χ2n) is 6.44. The zero-order chi connectivity index (χ0) is 20.0. The van der Waals surface area contributed by atoms with Crippen molar-refractivity contribution in [3.63, 3.8) is 0 Å². The molecule has 1 N–H and O–H groups in total. The average Bonchev–Trinajstić information content (AvgIpc) is 2.93. The first-order valence-corrected chi connectivity index (χ1v) is 10.1. The van der Waals surface area contributed by atoms with Crippen molar-refractivity contribution < 1.29 is 31.9 Å². The van der Waals surface area contributed by atoms with Crippen LogP contribution in [0.5, 0.6) is 0 Å². The van der Waals surface area contributed by atoms with E-state index >= 15 is 0 Å². The second-order valence-corrected chi connectivity index (χ2v) is 8.67. The number of esters is 1. The molecule has 0 aliphatic carbocycles. The van der Waals surface area contributed by atoms with Crippen LogP contribution < -0.4 is 5.32 Å². The minimum atomic E-state index is -3.08. The van der Waals surface area contributed by atoms with Crippen LogP contribution in [0.3, 0.4) is 0 Å². The molecule has 0 saturated carbocycles. The summed E-state index contributed by atoms with van der Waals surface area (Å²) in [5.74, 6) is -2.39. The van der Waals surface area contributed by atoms with E-state index in [1.165, 1.54) is 31.3 Å². The number of anilines is 1. The van der Waals surface area contributed by atoms with E-state index in [0.29, 0.717) is 12.1 Å². The monoisotopic (exact) mass is 400 g/mol. The van der Waals surface area contributed by atoms with Gasteiger partial charge in [0, 0.05) is 19.2 Å². The van der Waals surface area contributed by atoms with Crippen LogP contribution in [0.25, 0.3) is 0 Å². The Kier molecular flexibility index (Phi) is 6.89. The molecule has 1 fully saturated rings. The summed E-state index contributed by atoms with van der Waals surface area (Å²) < 4.78 is 40.4. The number of likely N-dealkylation sites (N-methyl/N-ethyl adjacent to an activating group) is 1. The maximum absolute atomic E-state index is 12.8. The lowest BCUT2D eigenvalue weighted by Crippen LogP contribution is -2.37. The third kappa shape index (κ3) is 6.97. The van der Waals surface area contributed by atoms with Crippen LogP contribution >= 0.6 is 0 Å². The number of hydrogen-bond acceptors (Lipinski definition) is 6. The Labute approximate surface area is 156 Å². The quantitative estimate of drug-likeness (QED) is 0.671. The fourth-order valence-corrected chi connectivity index (χ4v) is 4.48. The van der Waals surface area contributed by atoms with Gasteiger partial charge in [0.25, 0.3) is 5.91 Å². The molecule has 1 aliphatic rings. The fourth-order valence-electron chi connectivity index (χ4n) is 2.62. The Balaban J connectivity index is 1.70. The van der Waals surface area contributed by atoms with Gasteiger partial charge in [-0.2, -0.15) is 0 Å². The summed E-state index contributed by atoms with van der Waals surface area (Å²) in [7, 11) is -1.70. The van der Waals surface area contributed by atoms with Crippen molar-refractivity contribution in [1.29, 1.82) is 0 Å². The first kappa shape index (κ1) is 20.8. The van der Waals surface area contributed by atoms with E-state index in [4.69, 9.17) is 4.74 Å². The van der Waals surface area contributed by atoms with Gasteiger partial charge in [0.15, 0.2) is 16.4 Å². The van der Waals surface area contributed by atoms with Crippen molar-refractivity contribution >= 4 is 33.3 Å². The predicted molar refractivity (Wildman–Crippen MR) is 95.0 cm³/mol. The van der Waals surface area contributed by atoms with E-state index < -0.39 is 40.0 Å². The summed E-state index contributed by atoms with van der Waals surface area (Å²) in [5, 5.41) is 2.51. The molecule has 2 amide bonds. The zero-order valence-corrected chi connectivity index (χ0v) is 15.6. The smallest absolute Gasteiger partial charge is 0.306 e. The zero-order valence-electron chi connectivity index (χ0n) is 14.8. The number of hydrogen-bond donors (Lipinski definition) is 1. The molecule has 27 heavy (non-hydrogen) atoms. The largest absolute Gasteiger partial charge is 0.456 e. The maximum Gasteiger partial charge on any atom is 0.306 e. The van der Waals surface area contributed by atoms with E-state index in [0.717, 1.165) is 4.90 Å². The third-order valence-electron chi connectivity index (χ3n) is 4.07. The first-order valence-electron chi connectivity index (χ1n) is 8.30. The minimum Gasteiger partial charge on any atom is -0.456 e. The Morgan fingerprint density at radius 3 is 2.52 bits per heavy atom. The van der Waals surface area contributed by atoms with E-state index in [1.807, 2.05) is 0 Å². The van der Waals surface area contributed by atoms with Crippen molar-refractivity contribution in [2.45, 2.75) is 12.8 Å². The highest BCUT2D eigenvalue weighted by molar-refractivity contribution is 7.91. The van der Waals surface area contributed by atoms with Crippen molar-refractivity contribution in [2.75, 3.05) is 37.0 Å². The summed E-state index contributed by atoms with van der Waals surface area (Å²) in [6.45, 7) is -0.798. The lowest BCUT2D eigenvalue weighted by molar-refractivity contribution is -0.152. The van der Waals surface area contributed by atoms with Crippen LogP contribution in [0.15, 0.2) is 24.3 Å². The number of halogens is 1. The maximum atomic E-state index is 12.8. The van der Waals surface area contributed by atoms with Gasteiger partial charge in [-0.3, -0.25) is 14.4 Å². The fraction of sp³-hybridized carbons (Fsp3) is 0.471. The Hall–Kier alpha value is -2.49. The number of carbonyl (C=O) groups excluding carboxylic acids is 3. The second kappa shape index (κ2) is 8.94. The van der Waals surface area contributed by atoms with E-state index in [-0.39, 0.29) is 30.4 Å². The molecule has 148 valence electrons. The molecule has 0 unspecified atom stereocenters. The summed E-state index contributed by atoms with van der Waals surface area (Å²) in [6, 6.07) is 5.17. The van der Waals surface area contributed by atoms with E-state index in [1.54, 1.807) is 0 Å². The molecule has 1 aliphatic heterocycles. The predicted octanol–water partition coefficient (Wildman–Crippen LogP) is 0.591. The highest BCUT2D eigenvalue weighted by Crippen LogP contribution is 2.21. The number of ether oxygens (including phenoxy) is 1. The van der Waals surface area contributed by atoms with Gasteiger partial charge in [0.2, 0.25) is 5.91 Å². The van der Waals surface area contributed by atoms with Crippen LogP contribution in [-0.2, 0) is 29.0 Å². The van der Waals surface area contributed by atoms with Gasteiger partial charge in [-0.25, -0.2) is 12.8 Å². The SMILES string of the molecule is CN(CC(=O)Nc1ccc(F)cc1)C(=O)COC(=O)C[C@H]1CCS(=O)(=O)C1. The van der Waals surface area contributed by atoms with Crippen molar-refractivity contribution in [3.05, 3.63) is 30.1 Å². The first-order chi connectivity index (χ1) is 12.6. The van der Waals surface area contributed by atoms with Gasteiger partial charge in [-0.1, -0.05) is 0 Å². The molecule has 1 saturated heterocycles. The Morgan fingerprint density at radius 2 is 1.93 bits per heavy atom. The van der Waals surface area contributed by atoms with Gasteiger partial charge in [-0.15, -0.1) is 0 Å². The molecule has 1 heterocycles. The standard InChI is InChI=1S/C17H21FN2O6S/c1-20(9-15(21)19-14-4-2-13(18)3-5-14)16(22)10-26-17(23)8-12-6-7-27(24,25)11-12/h2-5,12H,6-11H2,1H3,(H,19,21)/t12-/m1/s1. The number of nitrogens with zero attached hydrogens (tertiary/aromatic N) is 1. The van der Waals surface area contributed by atoms with Crippen LogP contribution in [0.2, 0.25) is 0 Å². The lowest BCUT2D eigenvalue weighted by atomic mass is 10.1. The van der Waals surface area contributed by atoms with Crippen molar-refractivity contribution in [2.24, 2.45) is 5.92 Å². The van der Waals surface area contributed by atoms with E-state index in [2.05, 4.69) is 5.32 Å². The molecular formula is C17H21FN2O6S. The third-order valence-corrected chi connectivity index (χ3v) is 5.91. The molecule has 10 heteroatoms. The summed E-state index contributed by atoms with van der Waals surface area (Å²) in [6.07, 6.45) is 0.357. The van der Waals surface area contributed by atoms with Gasteiger partial charge >= 0.3 is 5.97 Å². The van der Waals surface area contributed by atoms with Gasteiger partial charge in [0.05, 0.1) is 18.1 Å². The molecular weight excluding hydrogens is 379 g/mol. The van der Waals surface area contributed by atoms with E-state index in [9.17, 15) is 27.2 Å². The molecule has 0 spiro atoms. The molecule has 0 radical (unpaired) electrons. The van der Waals surface area contributed by atoms with Crippen molar-refractivity contribution in [1.82, 2.24) is 4.90 Å². The van der Waals surface area contributed by atoms with Gasteiger partial charge in [0.1, 0.15) is 5.82 Å². The Bertz CT molecular complexity index is 809. The molecule has 1 atom stereocenters. The minimum absolute atomic E-state index is 0.0422. The molecule has 8 nitrogen and oxygen atoms in total. The molecule has 1 aromatic rings. The number of rotatable bonds is 7. The number of carbonyl (C=O) groups is 3. The average molecular weight is 400 g/mol. The number of benzene rings is 1. The highest BCUT2D eigenvalue weighted by Gasteiger charge is 2.30. The number of sulfone groups is 1. The molecule has 0 bridgehead atoms. The number of amides is 2. The van der Waals surface area contributed by atoms with Gasteiger partial charge < -0.3 is 15.0 Å². The normalized spacial score (nSPS) is 17.9. The summed E-state index contributed by atoms with van der Waals surface area (Å²) >= 11 is 0.